The highest BCUT2D eigenvalue weighted by Gasteiger charge is 2.30. The standard InChI is InChI=1S/C16H12N2O5S/c19-15-7-11-2-1-10(12-3-4-23-9-12)5-13(11)6-14(15)18-8-16(20)17-24(18,21)22/h1-9,17,19-20H. The Morgan fingerprint density at radius 2 is 1.83 bits per heavy atom. The molecular weight excluding hydrogens is 332 g/mol. The van der Waals surface area contributed by atoms with Gasteiger partial charge >= 0.3 is 10.2 Å². The van der Waals surface area contributed by atoms with E-state index in [0.717, 1.165) is 32.4 Å². The Hall–Kier alpha value is -3.13. The second-order valence-electron chi connectivity index (χ2n) is 5.33. The first-order chi connectivity index (χ1) is 11.4. The van der Waals surface area contributed by atoms with Crippen molar-refractivity contribution < 1.29 is 23.0 Å². The molecule has 3 N–H and O–H groups in total. The van der Waals surface area contributed by atoms with Crippen molar-refractivity contribution in [1.82, 2.24) is 4.72 Å². The fourth-order valence-electron chi connectivity index (χ4n) is 2.65. The maximum absolute atomic E-state index is 12.0. The summed E-state index contributed by atoms with van der Waals surface area (Å²) in [6, 6.07) is 10.4. The molecule has 0 amide bonds. The van der Waals surface area contributed by atoms with Gasteiger partial charge in [0.25, 0.3) is 0 Å². The lowest BCUT2D eigenvalue weighted by molar-refractivity contribution is 0.392. The van der Waals surface area contributed by atoms with Crippen LogP contribution in [0.4, 0.5) is 5.69 Å². The van der Waals surface area contributed by atoms with E-state index in [-0.39, 0.29) is 11.4 Å². The molecular formula is C16H12N2O5S. The Kier molecular flexibility index (Phi) is 2.97. The van der Waals surface area contributed by atoms with Crippen LogP contribution in [0.3, 0.4) is 0 Å². The Balaban J connectivity index is 1.89. The average molecular weight is 344 g/mol. The van der Waals surface area contributed by atoms with Gasteiger partial charge in [-0.2, -0.15) is 8.42 Å². The number of nitrogens with one attached hydrogen (secondary N) is 1. The van der Waals surface area contributed by atoms with Crippen LogP contribution in [0.2, 0.25) is 0 Å². The molecule has 3 aromatic rings. The highest BCUT2D eigenvalue weighted by molar-refractivity contribution is 7.91. The van der Waals surface area contributed by atoms with Gasteiger partial charge < -0.3 is 14.6 Å². The van der Waals surface area contributed by atoms with Gasteiger partial charge in [-0.05, 0) is 40.6 Å². The fourth-order valence-corrected chi connectivity index (χ4v) is 3.70. The molecule has 0 saturated heterocycles. The SMILES string of the molecule is O=S1(=O)NC(O)=CN1c1cc2cc(-c3ccoc3)ccc2cc1O. The zero-order chi connectivity index (χ0) is 16.9. The number of aliphatic hydroxyl groups excluding tert-OH is 1. The van der Waals surface area contributed by atoms with Crippen molar-refractivity contribution in [3.8, 4) is 16.9 Å². The molecule has 0 bridgehead atoms. The van der Waals surface area contributed by atoms with Crippen LogP contribution >= 0.6 is 0 Å². The van der Waals surface area contributed by atoms with Crippen LogP contribution < -0.4 is 9.03 Å². The van der Waals surface area contributed by atoms with E-state index in [1.807, 2.05) is 29.0 Å². The second kappa shape index (κ2) is 4.93. The van der Waals surface area contributed by atoms with Crippen molar-refractivity contribution in [2.75, 3.05) is 4.31 Å². The van der Waals surface area contributed by atoms with Crippen LogP contribution in [0.1, 0.15) is 0 Å². The number of hydrogen-bond acceptors (Lipinski definition) is 5. The summed E-state index contributed by atoms with van der Waals surface area (Å²) in [5.74, 6) is -0.725. The van der Waals surface area contributed by atoms with Crippen molar-refractivity contribution in [3.05, 3.63) is 61.0 Å². The number of aromatic hydroxyl groups is 1. The monoisotopic (exact) mass is 344 g/mol. The molecule has 122 valence electrons. The number of benzene rings is 2. The zero-order valence-corrected chi connectivity index (χ0v) is 13.0. The Bertz CT molecular complexity index is 1070. The van der Waals surface area contributed by atoms with E-state index in [2.05, 4.69) is 0 Å². The van der Waals surface area contributed by atoms with Gasteiger partial charge in [-0.15, -0.1) is 0 Å². The molecule has 0 aliphatic carbocycles. The minimum Gasteiger partial charge on any atom is -0.506 e. The lowest BCUT2D eigenvalue weighted by Crippen LogP contribution is -2.29. The predicted octanol–water partition coefficient (Wildman–Crippen LogP) is 2.82. The molecule has 1 aliphatic heterocycles. The molecule has 0 fully saturated rings. The predicted molar refractivity (Wildman–Crippen MR) is 88.6 cm³/mol. The van der Waals surface area contributed by atoms with Crippen LogP contribution in [0, 0.1) is 0 Å². The number of hydrogen-bond donors (Lipinski definition) is 3. The van der Waals surface area contributed by atoms with Gasteiger partial charge in [-0.25, -0.2) is 9.03 Å². The van der Waals surface area contributed by atoms with Gasteiger partial charge in [-0.3, -0.25) is 0 Å². The second-order valence-corrected chi connectivity index (χ2v) is 6.88. The minimum atomic E-state index is -3.97. The van der Waals surface area contributed by atoms with Crippen molar-refractivity contribution >= 4 is 26.7 Å². The third-order valence-corrected chi connectivity index (χ3v) is 5.04. The molecule has 0 radical (unpaired) electrons. The highest BCUT2D eigenvalue weighted by Crippen LogP contribution is 2.36. The van der Waals surface area contributed by atoms with E-state index >= 15 is 0 Å². The number of furan rings is 1. The van der Waals surface area contributed by atoms with Crippen LogP contribution in [-0.4, -0.2) is 18.6 Å². The largest absolute Gasteiger partial charge is 0.506 e. The molecule has 1 aliphatic rings. The molecule has 0 spiro atoms. The van der Waals surface area contributed by atoms with Gasteiger partial charge in [0.05, 0.1) is 18.7 Å². The molecule has 24 heavy (non-hydrogen) atoms. The third kappa shape index (κ3) is 2.24. The Morgan fingerprint density at radius 3 is 2.50 bits per heavy atom. The molecule has 0 unspecified atom stereocenters. The third-order valence-electron chi connectivity index (χ3n) is 3.76. The van der Waals surface area contributed by atoms with E-state index in [4.69, 9.17) is 4.42 Å². The Morgan fingerprint density at radius 1 is 1.00 bits per heavy atom. The maximum Gasteiger partial charge on any atom is 0.330 e. The summed E-state index contributed by atoms with van der Waals surface area (Å²) in [7, 11) is -3.97. The number of phenolic OH excluding ortho intramolecular Hbond substituents is 1. The van der Waals surface area contributed by atoms with Crippen molar-refractivity contribution in [2.24, 2.45) is 0 Å². The topological polar surface area (TPSA) is 103 Å². The molecule has 2 aromatic carbocycles. The first-order valence-corrected chi connectivity index (χ1v) is 8.40. The fraction of sp³-hybridized carbons (Fsp3) is 0. The molecule has 7 nitrogen and oxygen atoms in total. The van der Waals surface area contributed by atoms with Crippen LogP contribution in [-0.2, 0) is 10.2 Å². The molecule has 0 saturated carbocycles. The van der Waals surface area contributed by atoms with Crippen molar-refractivity contribution in [3.63, 3.8) is 0 Å². The number of fused-ring (bicyclic) bond motifs is 1. The van der Waals surface area contributed by atoms with Gasteiger partial charge in [0.1, 0.15) is 11.4 Å². The minimum absolute atomic E-state index is 0.0448. The molecule has 8 heteroatoms. The average Bonchev–Trinajstić information content (AvgIpc) is 3.13. The summed E-state index contributed by atoms with van der Waals surface area (Å²) in [4.78, 5) is 0. The number of phenols is 1. The van der Waals surface area contributed by atoms with Gasteiger partial charge in [0.2, 0.25) is 5.88 Å². The van der Waals surface area contributed by atoms with E-state index in [1.165, 1.54) is 6.07 Å². The number of anilines is 1. The van der Waals surface area contributed by atoms with Gasteiger partial charge in [0, 0.05) is 5.56 Å². The summed E-state index contributed by atoms with van der Waals surface area (Å²) in [5, 5.41) is 21.1. The number of rotatable bonds is 2. The summed E-state index contributed by atoms with van der Waals surface area (Å²) < 4.78 is 31.8. The summed E-state index contributed by atoms with van der Waals surface area (Å²) in [6.07, 6.45) is 4.17. The highest BCUT2D eigenvalue weighted by atomic mass is 32.2. The Labute approximate surface area is 137 Å². The molecule has 2 heterocycles. The molecule has 0 atom stereocenters. The van der Waals surface area contributed by atoms with Gasteiger partial charge in [-0.1, -0.05) is 12.1 Å². The normalized spacial score (nSPS) is 16.2. The lowest BCUT2D eigenvalue weighted by Gasteiger charge is -2.16. The lowest BCUT2D eigenvalue weighted by atomic mass is 10.0. The van der Waals surface area contributed by atoms with E-state index < -0.39 is 16.1 Å². The summed E-state index contributed by atoms with van der Waals surface area (Å²) in [5.41, 5.74) is 1.83. The zero-order valence-electron chi connectivity index (χ0n) is 12.2. The first kappa shape index (κ1) is 14.5. The van der Waals surface area contributed by atoms with Crippen LogP contribution in [0.15, 0.2) is 65.4 Å². The van der Waals surface area contributed by atoms with E-state index in [9.17, 15) is 18.6 Å². The maximum atomic E-state index is 12.0. The van der Waals surface area contributed by atoms with Crippen molar-refractivity contribution in [1.29, 1.82) is 0 Å². The summed E-state index contributed by atoms with van der Waals surface area (Å²) >= 11 is 0. The quantitative estimate of drug-likeness (QED) is 0.663. The number of aliphatic hydroxyl groups is 1. The van der Waals surface area contributed by atoms with E-state index in [0.29, 0.717) is 0 Å². The molecule has 1 aromatic heterocycles. The molecule has 4 rings (SSSR count). The smallest absolute Gasteiger partial charge is 0.330 e. The van der Waals surface area contributed by atoms with Crippen molar-refractivity contribution in [2.45, 2.75) is 0 Å². The summed E-state index contributed by atoms with van der Waals surface area (Å²) in [6.45, 7) is 0. The van der Waals surface area contributed by atoms with Crippen LogP contribution in [0.25, 0.3) is 21.9 Å². The van der Waals surface area contributed by atoms with Crippen LogP contribution in [0.5, 0.6) is 5.75 Å². The van der Waals surface area contributed by atoms with E-state index in [1.54, 1.807) is 18.6 Å². The van der Waals surface area contributed by atoms with Gasteiger partial charge in [0.15, 0.2) is 0 Å². The number of nitrogens with zero attached hydrogens (tertiary/aromatic N) is 1. The first-order valence-electron chi connectivity index (χ1n) is 6.96.